The molecule has 0 spiro atoms. The van der Waals surface area contributed by atoms with Gasteiger partial charge in [-0.25, -0.2) is 0 Å². The van der Waals surface area contributed by atoms with E-state index in [2.05, 4.69) is 232 Å². The van der Waals surface area contributed by atoms with Crippen molar-refractivity contribution in [2.24, 2.45) is 0 Å². The second-order valence-electron chi connectivity index (χ2n) is 16.8. The number of hydrogen-bond acceptors (Lipinski definition) is 1. The maximum absolute atomic E-state index is 6.77. The van der Waals surface area contributed by atoms with Gasteiger partial charge in [0.25, 0.3) is 0 Å². The molecule has 14 rings (SSSR count). The van der Waals surface area contributed by atoms with Crippen LogP contribution in [0.2, 0.25) is 0 Å². The summed E-state index contributed by atoms with van der Waals surface area (Å²) in [6.07, 6.45) is 0. The molecule has 4 nitrogen and oxygen atoms in total. The maximum Gasteiger partial charge on any atom is 0.159 e. The summed E-state index contributed by atoms with van der Waals surface area (Å²) < 4.78 is 14.0. The third kappa shape index (κ3) is 4.93. The quantitative estimate of drug-likeness (QED) is 0.170. The van der Waals surface area contributed by atoms with Gasteiger partial charge in [-0.05, 0) is 89.5 Å². The fourth-order valence-corrected chi connectivity index (χ4v) is 10.7. The molecule has 0 amide bonds. The van der Waals surface area contributed by atoms with Crippen molar-refractivity contribution in [3.63, 3.8) is 0 Å². The lowest BCUT2D eigenvalue weighted by molar-refractivity contribution is 0.666. The highest BCUT2D eigenvalue weighted by Gasteiger charge is 2.24. The lowest BCUT2D eigenvalue weighted by Gasteiger charge is -2.17. The molecule has 0 saturated heterocycles. The minimum Gasteiger partial charge on any atom is -0.454 e. The van der Waals surface area contributed by atoms with Crippen LogP contribution in [0, 0.1) is 0 Å². The van der Waals surface area contributed by atoms with Crippen molar-refractivity contribution in [2.75, 3.05) is 0 Å². The molecule has 10 aromatic carbocycles. The molecule has 0 unspecified atom stereocenters. The van der Waals surface area contributed by atoms with E-state index in [4.69, 9.17) is 4.42 Å². The number of rotatable bonds is 5. The molecule has 0 atom stereocenters. The highest BCUT2D eigenvalue weighted by molar-refractivity contribution is 6.19. The molecule has 0 aliphatic heterocycles. The second-order valence-corrected chi connectivity index (χ2v) is 16.8. The average Bonchev–Trinajstić information content (AvgIpc) is 4.10. The molecule has 0 radical (unpaired) electrons. The fourth-order valence-electron chi connectivity index (χ4n) is 10.7. The smallest absolute Gasteiger partial charge is 0.159 e. The molecule has 4 heterocycles. The third-order valence-electron chi connectivity index (χ3n) is 13.4. The van der Waals surface area contributed by atoms with Crippen molar-refractivity contribution < 1.29 is 4.42 Å². The number of hydrogen-bond donors (Lipinski definition) is 0. The van der Waals surface area contributed by atoms with Crippen LogP contribution in [0.3, 0.4) is 0 Å². The van der Waals surface area contributed by atoms with Gasteiger partial charge in [-0.3, -0.25) is 0 Å². The number of para-hydroxylation sites is 6. The van der Waals surface area contributed by atoms with E-state index in [1.54, 1.807) is 0 Å². The van der Waals surface area contributed by atoms with Gasteiger partial charge < -0.3 is 18.1 Å². The normalized spacial score (nSPS) is 12.1. The first kappa shape index (κ1) is 35.0. The molecule has 0 aliphatic rings. The third-order valence-corrected chi connectivity index (χ3v) is 13.4. The number of benzene rings is 10. The van der Waals surface area contributed by atoms with Gasteiger partial charge in [-0.2, -0.15) is 0 Å². The van der Waals surface area contributed by atoms with E-state index in [9.17, 15) is 0 Å². The molecule has 298 valence electrons. The summed E-state index contributed by atoms with van der Waals surface area (Å²) in [7, 11) is 0. The van der Waals surface area contributed by atoms with Crippen LogP contribution in [-0.2, 0) is 0 Å². The Morgan fingerprint density at radius 2 is 0.844 bits per heavy atom. The Hall–Kier alpha value is -8.60. The van der Waals surface area contributed by atoms with Crippen LogP contribution in [0.1, 0.15) is 0 Å². The second kappa shape index (κ2) is 13.4. The van der Waals surface area contributed by atoms with E-state index in [0.29, 0.717) is 0 Å². The Morgan fingerprint density at radius 3 is 1.58 bits per heavy atom. The number of nitrogens with zero attached hydrogens (tertiary/aromatic N) is 3. The molecule has 0 saturated carbocycles. The maximum atomic E-state index is 6.77. The Balaban J connectivity index is 1.06. The zero-order valence-electron chi connectivity index (χ0n) is 34.6. The van der Waals surface area contributed by atoms with Gasteiger partial charge in [0.2, 0.25) is 0 Å². The molecule has 4 aromatic heterocycles. The van der Waals surface area contributed by atoms with Gasteiger partial charge in [0.15, 0.2) is 5.58 Å². The predicted molar refractivity (Wildman–Crippen MR) is 268 cm³/mol. The molecule has 0 aliphatic carbocycles. The fraction of sp³-hybridized carbons (Fsp3) is 0. The summed E-state index contributed by atoms with van der Waals surface area (Å²) in [5.41, 5.74) is 16.8. The monoisotopic (exact) mass is 815 g/mol. The van der Waals surface area contributed by atoms with Gasteiger partial charge >= 0.3 is 0 Å². The van der Waals surface area contributed by atoms with E-state index in [-0.39, 0.29) is 0 Å². The first-order valence-corrected chi connectivity index (χ1v) is 21.9. The van der Waals surface area contributed by atoms with Crippen LogP contribution in [0.25, 0.3) is 127 Å². The lowest BCUT2D eigenvalue weighted by Crippen LogP contribution is -1.98. The topological polar surface area (TPSA) is 27.9 Å². The van der Waals surface area contributed by atoms with E-state index in [1.165, 1.54) is 65.6 Å². The van der Waals surface area contributed by atoms with E-state index in [0.717, 1.165) is 61.1 Å². The summed E-state index contributed by atoms with van der Waals surface area (Å²) in [4.78, 5) is 0. The standard InChI is InChI=1S/C60H37N3O/c1-3-16-38(17-4-1)42-32-33-47-43-20-7-13-27-53(43)63(56-28-15-24-48-46-23-10-14-29-57(46)64-60(48)56)59(47)58(42)39-30-34-54-49(36-39)44-21-8-12-26-52(44)62(54)41-31-35-55-50(37-41)45-22-9-11-25-51(45)61(55)40-18-5-2-6-19-40/h1-37H. The van der Waals surface area contributed by atoms with Crippen LogP contribution in [0.5, 0.6) is 0 Å². The van der Waals surface area contributed by atoms with Gasteiger partial charge in [-0.15, -0.1) is 0 Å². The molecule has 64 heavy (non-hydrogen) atoms. The van der Waals surface area contributed by atoms with Crippen LogP contribution in [0.15, 0.2) is 229 Å². The molecule has 0 fully saturated rings. The van der Waals surface area contributed by atoms with Crippen molar-refractivity contribution in [1.29, 1.82) is 0 Å². The molecule has 0 N–H and O–H groups in total. The summed E-state index contributed by atoms with van der Waals surface area (Å²) in [6, 6.07) is 81.5. The van der Waals surface area contributed by atoms with E-state index < -0.39 is 0 Å². The Labute approximate surface area is 367 Å². The number of fused-ring (bicyclic) bond motifs is 12. The average molecular weight is 816 g/mol. The van der Waals surface area contributed by atoms with Gasteiger partial charge in [0.1, 0.15) is 5.58 Å². The van der Waals surface area contributed by atoms with Crippen molar-refractivity contribution in [1.82, 2.24) is 13.7 Å². The van der Waals surface area contributed by atoms with Crippen LogP contribution in [-0.4, -0.2) is 13.7 Å². The Bertz CT molecular complexity index is 4180. The van der Waals surface area contributed by atoms with E-state index in [1.807, 2.05) is 6.07 Å². The van der Waals surface area contributed by atoms with Crippen LogP contribution < -0.4 is 0 Å². The van der Waals surface area contributed by atoms with Crippen molar-refractivity contribution in [3.8, 4) is 39.3 Å². The highest BCUT2D eigenvalue weighted by atomic mass is 16.3. The summed E-state index contributed by atoms with van der Waals surface area (Å²) in [6.45, 7) is 0. The van der Waals surface area contributed by atoms with Crippen molar-refractivity contribution in [2.45, 2.75) is 0 Å². The minimum atomic E-state index is 0.879. The van der Waals surface area contributed by atoms with E-state index >= 15 is 0 Å². The minimum absolute atomic E-state index is 0.879. The lowest BCUT2D eigenvalue weighted by atomic mass is 9.91. The highest BCUT2D eigenvalue weighted by Crippen LogP contribution is 2.47. The zero-order valence-corrected chi connectivity index (χ0v) is 34.6. The zero-order chi connectivity index (χ0) is 41.9. The summed E-state index contributed by atoms with van der Waals surface area (Å²) >= 11 is 0. The molecular weight excluding hydrogens is 779 g/mol. The van der Waals surface area contributed by atoms with Crippen LogP contribution >= 0.6 is 0 Å². The first-order chi connectivity index (χ1) is 31.8. The summed E-state index contributed by atoms with van der Waals surface area (Å²) in [5.74, 6) is 0. The Kier molecular flexibility index (Phi) is 7.36. The SMILES string of the molecule is c1ccc(-c2ccc3c4ccccc4n(-c4cccc5c4oc4ccccc45)c3c2-c2ccc3c(c2)c2ccccc2n3-c2ccc3c(c2)c2ccccc2n3-c2ccccc2)cc1. The molecule has 0 bridgehead atoms. The number of furan rings is 1. The molecular formula is C60H37N3O. The molecule has 14 aromatic rings. The van der Waals surface area contributed by atoms with Gasteiger partial charge in [-0.1, -0.05) is 152 Å². The van der Waals surface area contributed by atoms with Crippen molar-refractivity contribution >= 4 is 87.4 Å². The first-order valence-electron chi connectivity index (χ1n) is 21.9. The molecule has 4 heteroatoms. The van der Waals surface area contributed by atoms with Gasteiger partial charge in [0.05, 0.1) is 38.8 Å². The Morgan fingerprint density at radius 1 is 0.297 bits per heavy atom. The largest absolute Gasteiger partial charge is 0.454 e. The van der Waals surface area contributed by atoms with Gasteiger partial charge in [0, 0.05) is 60.0 Å². The van der Waals surface area contributed by atoms with Crippen molar-refractivity contribution in [3.05, 3.63) is 224 Å². The van der Waals surface area contributed by atoms with Crippen LogP contribution in [0.4, 0.5) is 0 Å². The summed E-state index contributed by atoms with van der Waals surface area (Å²) in [5, 5.41) is 9.51. The predicted octanol–water partition coefficient (Wildman–Crippen LogP) is 16.2. The number of aromatic nitrogens is 3.